The van der Waals surface area contributed by atoms with Crippen LogP contribution in [0.1, 0.15) is 52.7 Å². The van der Waals surface area contributed by atoms with Crippen LogP contribution in [0.25, 0.3) is 21.5 Å². The van der Waals surface area contributed by atoms with Crippen LogP contribution in [0.15, 0.2) is 96.7 Å². The standard InChI is InChI=1S/C37H41N2O2/c1-24(40-7)38-30-22-20-26-14-9-11-16-28(26)34(30)36(3,4)32(38)18-13-19-33-37(5,6)35-29-17-12-10-15-27(29)21-23-31(35)39(33)25(2)41-8/h9-25H,1-8H3/q+1. The van der Waals surface area contributed by atoms with Crippen molar-refractivity contribution >= 4 is 38.6 Å². The fourth-order valence-electron chi connectivity index (χ4n) is 7.16. The third-order valence-electron chi connectivity index (χ3n) is 9.30. The summed E-state index contributed by atoms with van der Waals surface area (Å²) in [6.45, 7) is 13.6. The van der Waals surface area contributed by atoms with Gasteiger partial charge in [0.2, 0.25) is 5.69 Å². The number of ether oxygens (including phenoxy) is 2. The summed E-state index contributed by atoms with van der Waals surface area (Å²) in [6.07, 6.45) is 6.58. The molecule has 0 saturated carbocycles. The zero-order chi connectivity index (χ0) is 29.1. The van der Waals surface area contributed by atoms with Crippen LogP contribution in [0.4, 0.5) is 11.4 Å². The third kappa shape index (κ3) is 4.07. The first-order chi connectivity index (χ1) is 19.6. The lowest BCUT2D eigenvalue weighted by Crippen LogP contribution is -2.34. The Morgan fingerprint density at radius 3 is 1.98 bits per heavy atom. The average Bonchev–Trinajstić information content (AvgIpc) is 3.35. The molecule has 0 saturated heterocycles. The highest BCUT2D eigenvalue weighted by atomic mass is 16.5. The highest BCUT2D eigenvalue weighted by molar-refractivity contribution is 6.07. The van der Waals surface area contributed by atoms with Gasteiger partial charge < -0.3 is 14.4 Å². The van der Waals surface area contributed by atoms with E-state index < -0.39 is 0 Å². The third-order valence-corrected chi connectivity index (χ3v) is 9.30. The van der Waals surface area contributed by atoms with Crippen molar-refractivity contribution in [2.24, 2.45) is 0 Å². The summed E-state index contributed by atoms with van der Waals surface area (Å²) in [4.78, 5) is 2.36. The van der Waals surface area contributed by atoms with Crippen LogP contribution < -0.4 is 4.90 Å². The first-order valence-electron chi connectivity index (χ1n) is 14.6. The molecule has 0 spiro atoms. The lowest BCUT2D eigenvalue weighted by atomic mass is 9.79. The van der Waals surface area contributed by atoms with Gasteiger partial charge >= 0.3 is 0 Å². The summed E-state index contributed by atoms with van der Waals surface area (Å²) in [5.74, 6) is 0. The Bertz CT molecular complexity index is 1760. The van der Waals surface area contributed by atoms with Gasteiger partial charge in [0.25, 0.3) is 6.23 Å². The van der Waals surface area contributed by atoms with Gasteiger partial charge in [0.05, 0.1) is 5.41 Å². The number of benzene rings is 4. The van der Waals surface area contributed by atoms with Crippen molar-refractivity contribution in [2.45, 2.75) is 64.8 Å². The fourth-order valence-corrected chi connectivity index (χ4v) is 7.16. The summed E-state index contributed by atoms with van der Waals surface area (Å²) in [5.41, 5.74) is 7.16. The van der Waals surface area contributed by atoms with Crippen molar-refractivity contribution in [3.8, 4) is 0 Å². The number of anilines is 1. The molecule has 2 atom stereocenters. The molecule has 41 heavy (non-hydrogen) atoms. The zero-order valence-electron chi connectivity index (χ0n) is 25.5. The van der Waals surface area contributed by atoms with E-state index >= 15 is 0 Å². The van der Waals surface area contributed by atoms with E-state index in [-0.39, 0.29) is 23.3 Å². The summed E-state index contributed by atoms with van der Waals surface area (Å²) < 4.78 is 14.2. The molecule has 4 nitrogen and oxygen atoms in total. The molecule has 2 aliphatic rings. The van der Waals surface area contributed by atoms with Crippen molar-refractivity contribution in [1.82, 2.24) is 0 Å². The maximum absolute atomic E-state index is 5.92. The van der Waals surface area contributed by atoms with Gasteiger partial charge in [-0.25, -0.2) is 0 Å². The highest BCUT2D eigenvalue weighted by Crippen LogP contribution is 2.52. The minimum Gasteiger partial charge on any atom is -0.362 e. The van der Waals surface area contributed by atoms with Crippen molar-refractivity contribution in [2.75, 3.05) is 19.1 Å². The lowest BCUT2D eigenvalue weighted by molar-refractivity contribution is -0.532. The van der Waals surface area contributed by atoms with E-state index in [1.807, 2.05) is 0 Å². The van der Waals surface area contributed by atoms with Crippen molar-refractivity contribution in [3.05, 3.63) is 108 Å². The minimum absolute atomic E-state index is 0.104. The fraction of sp³-hybridized carbons (Fsp3) is 0.324. The first-order valence-corrected chi connectivity index (χ1v) is 14.6. The number of methoxy groups -OCH3 is 2. The molecular weight excluding hydrogens is 504 g/mol. The quantitative estimate of drug-likeness (QED) is 0.227. The van der Waals surface area contributed by atoms with E-state index in [2.05, 4.69) is 142 Å². The Morgan fingerprint density at radius 1 is 0.732 bits per heavy atom. The summed E-state index contributed by atoms with van der Waals surface area (Å²) >= 11 is 0. The molecule has 4 aromatic carbocycles. The Kier molecular flexibility index (Phi) is 6.67. The van der Waals surface area contributed by atoms with E-state index in [1.165, 1.54) is 55.5 Å². The molecule has 0 aromatic heterocycles. The molecule has 2 heterocycles. The van der Waals surface area contributed by atoms with Crippen LogP contribution in [0.5, 0.6) is 0 Å². The van der Waals surface area contributed by atoms with Crippen LogP contribution in [0.2, 0.25) is 0 Å². The Hall–Kier alpha value is -3.73. The second-order valence-corrected chi connectivity index (χ2v) is 12.3. The van der Waals surface area contributed by atoms with Gasteiger partial charge in [0, 0.05) is 55.6 Å². The van der Waals surface area contributed by atoms with Gasteiger partial charge in [-0.15, -0.1) is 0 Å². The Labute approximate surface area is 244 Å². The second-order valence-electron chi connectivity index (χ2n) is 12.3. The summed E-state index contributed by atoms with van der Waals surface area (Å²) in [5, 5.41) is 5.12. The predicted octanol–water partition coefficient (Wildman–Crippen LogP) is 8.59. The number of hydrogen-bond acceptors (Lipinski definition) is 3. The Balaban J connectivity index is 1.50. The lowest BCUT2D eigenvalue weighted by Gasteiger charge is -2.31. The number of fused-ring (bicyclic) bond motifs is 6. The largest absolute Gasteiger partial charge is 0.362 e. The number of hydrogen-bond donors (Lipinski definition) is 0. The van der Waals surface area contributed by atoms with Gasteiger partial charge in [-0.3, -0.25) is 0 Å². The molecule has 0 fully saturated rings. The van der Waals surface area contributed by atoms with Gasteiger partial charge in [-0.05, 0) is 66.1 Å². The first kappa shape index (κ1) is 27.4. The van der Waals surface area contributed by atoms with E-state index in [9.17, 15) is 0 Å². The number of nitrogens with zero attached hydrogens (tertiary/aromatic N) is 2. The number of allylic oxidation sites excluding steroid dienone is 4. The smallest absolute Gasteiger partial charge is 0.260 e. The van der Waals surface area contributed by atoms with Crippen LogP contribution in [0.3, 0.4) is 0 Å². The summed E-state index contributed by atoms with van der Waals surface area (Å²) in [7, 11) is 3.57. The molecule has 4 aromatic rings. The van der Waals surface area contributed by atoms with E-state index in [4.69, 9.17) is 9.47 Å². The molecule has 6 rings (SSSR count). The maximum Gasteiger partial charge on any atom is 0.260 e. The molecule has 210 valence electrons. The van der Waals surface area contributed by atoms with E-state index in [1.54, 1.807) is 14.2 Å². The van der Waals surface area contributed by atoms with Crippen molar-refractivity contribution in [3.63, 3.8) is 0 Å². The normalized spacial score (nSPS) is 19.9. The molecule has 2 aliphatic heterocycles. The molecule has 0 radical (unpaired) electrons. The minimum atomic E-state index is -0.206. The monoisotopic (exact) mass is 545 g/mol. The van der Waals surface area contributed by atoms with Crippen LogP contribution in [-0.2, 0) is 20.3 Å². The molecule has 0 bridgehead atoms. The molecule has 0 aliphatic carbocycles. The molecule has 0 amide bonds. The van der Waals surface area contributed by atoms with Gasteiger partial charge in [-0.2, -0.15) is 4.58 Å². The van der Waals surface area contributed by atoms with Crippen molar-refractivity contribution < 1.29 is 14.0 Å². The topological polar surface area (TPSA) is 24.7 Å². The average molecular weight is 546 g/mol. The van der Waals surface area contributed by atoms with Gasteiger partial charge in [-0.1, -0.05) is 74.5 Å². The molecule has 4 heteroatoms. The molecule has 2 unspecified atom stereocenters. The van der Waals surface area contributed by atoms with Gasteiger partial charge in [0.1, 0.15) is 6.23 Å². The SMILES string of the molecule is COC(C)N1/C(=C/C=C/C2=[N+](C(C)OC)c3ccc4ccccc4c3C2(C)C)C(C)(C)c2c1ccc1ccccc21. The zero-order valence-corrected chi connectivity index (χ0v) is 25.5. The van der Waals surface area contributed by atoms with E-state index in [0.29, 0.717) is 0 Å². The van der Waals surface area contributed by atoms with Crippen LogP contribution in [0, 0.1) is 0 Å². The van der Waals surface area contributed by atoms with Crippen LogP contribution >= 0.6 is 0 Å². The van der Waals surface area contributed by atoms with Crippen molar-refractivity contribution in [1.29, 1.82) is 0 Å². The van der Waals surface area contributed by atoms with Crippen LogP contribution in [-0.4, -0.2) is 37.0 Å². The maximum atomic E-state index is 5.92. The molecule has 0 N–H and O–H groups in total. The second kappa shape index (κ2) is 9.97. The van der Waals surface area contributed by atoms with Gasteiger partial charge in [0.15, 0.2) is 5.71 Å². The highest BCUT2D eigenvalue weighted by Gasteiger charge is 2.47. The number of rotatable bonds is 6. The summed E-state index contributed by atoms with van der Waals surface area (Å²) in [6, 6.07) is 26.3. The Morgan fingerprint density at radius 2 is 1.34 bits per heavy atom. The molecular formula is C37H41N2O2+. The van der Waals surface area contributed by atoms with E-state index in [0.717, 1.165) is 0 Å². The predicted molar refractivity (Wildman–Crippen MR) is 172 cm³/mol.